The van der Waals surface area contributed by atoms with E-state index in [9.17, 15) is 0 Å². The van der Waals surface area contributed by atoms with Crippen LogP contribution in [0.4, 0.5) is 5.82 Å². The summed E-state index contributed by atoms with van der Waals surface area (Å²) in [6, 6.07) is 2.03. The molecular weight excluding hydrogens is 200 g/mol. The summed E-state index contributed by atoms with van der Waals surface area (Å²) >= 11 is 0. The summed E-state index contributed by atoms with van der Waals surface area (Å²) in [7, 11) is 2.04. The van der Waals surface area contributed by atoms with Crippen LogP contribution in [-0.2, 0) is 6.42 Å². The van der Waals surface area contributed by atoms with Gasteiger partial charge in [-0.25, -0.2) is 9.97 Å². The lowest BCUT2D eigenvalue weighted by atomic mass is 9.93. The Hall–Kier alpha value is -1.16. The topological polar surface area (TPSA) is 55.0 Å². The molecule has 0 aliphatic carbocycles. The number of aromatic nitrogens is 2. The molecule has 1 heterocycles. The van der Waals surface area contributed by atoms with Crippen molar-refractivity contribution >= 4 is 5.82 Å². The van der Waals surface area contributed by atoms with Gasteiger partial charge in [-0.3, -0.25) is 0 Å². The monoisotopic (exact) mass is 222 g/mol. The van der Waals surface area contributed by atoms with Gasteiger partial charge in [0.15, 0.2) is 0 Å². The minimum Gasteiger partial charge on any atom is -0.359 e. The third-order valence-electron chi connectivity index (χ3n) is 2.68. The highest BCUT2D eigenvalue weighted by Crippen LogP contribution is 2.18. The van der Waals surface area contributed by atoms with E-state index in [1.54, 1.807) is 6.33 Å². The second-order valence-corrected chi connectivity index (χ2v) is 4.95. The van der Waals surface area contributed by atoms with Crippen molar-refractivity contribution < 1.29 is 0 Å². The fourth-order valence-electron chi connectivity index (χ4n) is 1.58. The summed E-state index contributed by atoms with van der Waals surface area (Å²) in [6.45, 7) is 7.97. The molecule has 0 saturated heterocycles. The smallest absolute Gasteiger partial charge is 0.131 e. The Morgan fingerprint density at radius 3 is 2.62 bits per heavy atom. The van der Waals surface area contributed by atoms with E-state index in [0.717, 1.165) is 24.5 Å². The Balaban J connectivity index is 2.76. The fourth-order valence-corrected chi connectivity index (χ4v) is 1.58. The molecule has 0 radical (unpaired) electrons. The molecule has 0 fully saturated rings. The first kappa shape index (κ1) is 12.9. The summed E-state index contributed by atoms with van der Waals surface area (Å²) in [6.07, 6.45) is 2.56. The van der Waals surface area contributed by atoms with E-state index in [4.69, 9.17) is 5.73 Å². The van der Waals surface area contributed by atoms with Crippen molar-refractivity contribution in [2.45, 2.75) is 27.2 Å². The molecule has 90 valence electrons. The van der Waals surface area contributed by atoms with Crippen LogP contribution in [0.5, 0.6) is 0 Å². The van der Waals surface area contributed by atoms with Crippen molar-refractivity contribution in [3.8, 4) is 0 Å². The Morgan fingerprint density at radius 2 is 2.06 bits per heavy atom. The molecule has 0 aliphatic rings. The molecule has 0 atom stereocenters. The number of nitrogens with zero attached hydrogens (tertiary/aromatic N) is 3. The highest BCUT2D eigenvalue weighted by atomic mass is 15.2. The number of aryl methyl sites for hydroxylation is 1. The third kappa shape index (κ3) is 3.45. The molecule has 4 heteroatoms. The lowest BCUT2D eigenvalue weighted by Crippen LogP contribution is -2.37. The third-order valence-corrected chi connectivity index (χ3v) is 2.68. The molecule has 0 unspecified atom stereocenters. The molecule has 1 rings (SSSR count). The van der Waals surface area contributed by atoms with Gasteiger partial charge in [0, 0.05) is 25.4 Å². The van der Waals surface area contributed by atoms with Crippen LogP contribution in [-0.4, -0.2) is 30.1 Å². The van der Waals surface area contributed by atoms with E-state index in [1.807, 2.05) is 13.1 Å². The lowest BCUT2D eigenvalue weighted by Gasteiger charge is -2.29. The van der Waals surface area contributed by atoms with Crippen molar-refractivity contribution in [1.29, 1.82) is 0 Å². The molecule has 1 aromatic heterocycles. The quantitative estimate of drug-likeness (QED) is 0.819. The first-order chi connectivity index (χ1) is 7.48. The Labute approximate surface area is 97.9 Å². The molecular formula is C12H22N4. The first-order valence-corrected chi connectivity index (χ1v) is 5.70. The summed E-state index contributed by atoms with van der Waals surface area (Å²) in [4.78, 5) is 10.6. The van der Waals surface area contributed by atoms with Gasteiger partial charge in [0.1, 0.15) is 12.1 Å². The predicted octanol–water partition coefficient (Wildman–Crippen LogP) is 1.46. The summed E-state index contributed by atoms with van der Waals surface area (Å²) in [5, 5.41) is 0. The number of hydrogen-bond acceptors (Lipinski definition) is 4. The zero-order valence-electron chi connectivity index (χ0n) is 10.7. The zero-order chi connectivity index (χ0) is 12.2. The van der Waals surface area contributed by atoms with Crippen LogP contribution < -0.4 is 10.6 Å². The van der Waals surface area contributed by atoms with Crippen LogP contribution >= 0.6 is 0 Å². The summed E-state index contributed by atoms with van der Waals surface area (Å²) in [5.41, 5.74) is 6.90. The molecule has 0 saturated carbocycles. The van der Waals surface area contributed by atoms with E-state index < -0.39 is 0 Å². The highest BCUT2D eigenvalue weighted by molar-refractivity contribution is 5.38. The van der Waals surface area contributed by atoms with Crippen LogP contribution in [0, 0.1) is 5.41 Å². The van der Waals surface area contributed by atoms with Crippen LogP contribution in [0.1, 0.15) is 26.5 Å². The van der Waals surface area contributed by atoms with Gasteiger partial charge in [0.25, 0.3) is 0 Å². The molecule has 16 heavy (non-hydrogen) atoms. The second kappa shape index (κ2) is 5.25. The Bertz CT molecular complexity index is 336. The van der Waals surface area contributed by atoms with Crippen molar-refractivity contribution in [3.05, 3.63) is 18.1 Å². The van der Waals surface area contributed by atoms with Gasteiger partial charge < -0.3 is 10.6 Å². The largest absolute Gasteiger partial charge is 0.359 e. The van der Waals surface area contributed by atoms with Gasteiger partial charge in [-0.15, -0.1) is 0 Å². The maximum absolute atomic E-state index is 5.73. The van der Waals surface area contributed by atoms with Crippen molar-refractivity contribution in [3.63, 3.8) is 0 Å². The van der Waals surface area contributed by atoms with Crippen LogP contribution in [0.2, 0.25) is 0 Å². The van der Waals surface area contributed by atoms with E-state index in [-0.39, 0.29) is 5.41 Å². The second-order valence-electron chi connectivity index (χ2n) is 4.95. The fraction of sp³-hybridized carbons (Fsp3) is 0.667. The van der Waals surface area contributed by atoms with Crippen molar-refractivity contribution in [2.75, 3.05) is 25.0 Å². The molecule has 0 aromatic carbocycles. The SMILES string of the molecule is CCc1cc(N(C)CC(C)(C)CN)ncn1. The molecule has 1 aromatic rings. The summed E-state index contributed by atoms with van der Waals surface area (Å²) < 4.78 is 0. The van der Waals surface area contributed by atoms with Gasteiger partial charge in [-0.2, -0.15) is 0 Å². The maximum atomic E-state index is 5.73. The van der Waals surface area contributed by atoms with Crippen molar-refractivity contribution in [2.24, 2.45) is 11.1 Å². The lowest BCUT2D eigenvalue weighted by molar-refractivity contribution is 0.384. The average molecular weight is 222 g/mol. The van der Waals surface area contributed by atoms with Crippen LogP contribution in [0.15, 0.2) is 12.4 Å². The average Bonchev–Trinajstić information content (AvgIpc) is 2.28. The van der Waals surface area contributed by atoms with E-state index in [2.05, 4.69) is 35.6 Å². The standard InChI is InChI=1S/C12H22N4/c1-5-10-6-11(15-9-14-10)16(4)8-12(2,3)7-13/h6,9H,5,7-8,13H2,1-4H3. The minimum atomic E-state index is 0.103. The molecule has 0 aliphatic heterocycles. The number of anilines is 1. The highest BCUT2D eigenvalue weighted by Gasteiger charge is 2.18. The zero-order valence-corrected chi connectivity index (χ0v) is 10.7. The summed E-state index contributed by atoms with van der Waals surface area (Å²) in [5.74, 6) is 0.966. The van der Waals surface area contributed by atoms with Gasteiger partial charge in [-0.1, -0.05) is 20.8 Å². The van der Waals surface area contributed by atoms with E-state index in [0.29, 0.717) is 6.54 Å². The van der Waals surface area contributed by atoms with Gasteiger partial charge >= 0.3 is 0 Å². The number of nitrogens with two attached hydrogens (primary N) is 1. The minimum absolute atomic E-state index is 0.103. The van der Waals surface area contributed by atoms with Gasteiger partial charge in [0.05, 0.1) is 0 Å². The normalized spacial score (nSPS) is 11.6. The Kier molecular flexibility index (Phi) is 4.24. The van der Waals surface area contributed by atoms with E-state index >= 15 is 0 Å². The molecule has 0 amide bonds. The molecule has 0 spiro atoms. The Morgan fingerprint density at radius 1 is 1.38 bits per heavy atom. The van der Waals surface area contributed by atoms with E-state index in [1.165, 1.54) is 0 Å². The van der Waals surface area contributed by atoms with Crippen molar-refractivity contribution in [1.82, 2.24) is 9.97 Å². The maximum Gasteiger partial charge on any atom is 0.131 e. The molecule has 4 nitrogen and oxygen atoms in total. The van der Waals surface area contributed by atoms with Crippen LogP contribution in [0.25, 0.3) is 0 Å². The number of hydrogen-bond donors (Lipinski definition) is 1. The van der Waals surface area contributed by atoms with Gasteiger partial charge in [-0.05, 0) is 18.4 Å². The van der Waals surface area contributed by atoms with Gasteiger partial charge in [0.2, 0.25) is 0 Å². The predicted molar refractivity (Wildman–Crippen MR) is 67.5 cm³/mol. The molecule has 2 N–H and O–H groups in total. The first-order valence-electron chi connectivity index (χ1n) is 5.70. The number of rotatable bonds is 5. The molecule has 0 bridgehead atoms. The van der Waals surface area contributed by atoms with Crippen LogP contribution in [0.3, 0.4) is 0 Å².